The molecule has 1 nitrogen and oxygen atoms in total. The predicted octanol–water partition coefficient (Wildman–Crippen LogP) is 4.62. The van der Waals surface area contributed by atoms with Crippen LogP contribution in [0.15, 0.2) is 53.0 Å². The van der Waals surface area contributed by atoms with Crippen molar-refractivity contribution in [2.45, 2.75) is 0 Å². The summed E-state index contributed by atoms with van der Waals surface area (Å²) in [5, 5.41) is 0. The van der Waals surface area contributed by atoms with E-state index in [1.54, 1.807) is 24.3 Å². The van der Waals surface area contributed by atoms with E-state index in [9.17, 15) is 13.6 Å². The van der Waals surface area contributed by atoms with E-state index in [1.165, 1.54) is 24.3 Å². The van der Waals surface area contributed by atoms with Crippen LogP contribution in [0.4, 0.5) is 8.78 Å². The second kappa shape index (κ2) is 5.89. The van der Waals surface area contributed by atoms with E-state index in [-0.39, 0.29) is 11.3 Å². The zero-order chi connectivity index (χ0) is 13.8. The predicted molar refractivity (Wildman–Crippen MR) is 73.9 cm³/mol. The van der Waals surface area contributed by atoms with Gasteiger partial charge in [-0.25, -0.2) is 8.78 Å². The Morgan fingerprint density at radius 3 is 2.58 bits per heavy atom. The Hall–Kier alpha value is -1.81. The molecule has 0 atom stereocenters. The van der Waals surface area contributed by atoms with Gasteiger partial charge in [0.1, 0.15) is 0 Å². The third-order valence-corrected chi connectivity index (χ3v) is 3.00. The average molecular weight is 323 g/mol. The van der Waals surface area contributed by atoms with Crippen LogP contribution in [0.5, 0.6) is 0 Å². The zero-order valence-electron chi connectivity index (χ0n) is 9.74. The highest BCUT2D eigenvalue weighted by atomic mass is 79.9. The standard InChI is InChI=1S/C15H9BrF2O/c16-12-5-1-4-11(9-12)14(19)8-7-10-3-2-6-13(17)15(10)18/h1-9H. The highest BCUT2D eigenvalue weighted by Crippen LogP contribution is 2.15. The Bertz CT molecular complexity index is 650. The van der Waals surface area contributed by atoms with E-state index in [4.69, 9.17) is 0 Å². The van der Waals surface area contributed by atoms with Gasteiger partial charge >= 0.3 is 0 Å². The van der Waals surface area contributed by atoms with Gasteiger partial charge in [-0.05, 0) is 30.4 Å². The molecular formula is C15H9BrF2O. The first kappa shape index (κ1) is 13.6. The van der Waals surface area contributed by atoms with Crippen LogP contribution < -0.4 is 0 Å². The molecule has 0 aliphatic carbocycles. The second-order valence-electron chi connectivity index (χ2n) is 3.85. The van der Waals surface area contributed by atoms with Crippen LogP contribution in [0.3, 0.4) is 0 Å². The minimum atomic E-state index is -0.958. The normalized spacial score (nSPS) is 10.9. The van der Waals surface area contributed by atoms with Gasteiger partial charge < -0.3 is 0 Å². The molecule has 0 unspecified atom stereocenters. The number of halogens is 3. The van der Waals surface area contributed by atoms with E-state index in [0.717, 1.165) is 10.5 Å². The Labute approximate surface area is 117 Å². The number of carbonyl (C=O) groups is 1. The molecule has 0 saturated heterocycles. The van der Waals surface area contributed by atoms with Crippen molar-refractivity contribution < 1.29 is 13.6 Å². The Balaban J connectivity index is 2.23. The number of hydrogen-bond acceptors (Lipinski definition) is 1. The molecule has 19 heavy (non-hydrogen) atoms. The van der Waals surface area contributed by atoms with E-state index in [0.29, 0.717) is 5.56 Å². The van der Waals surface area contributed by atoms with Crippen LogP contribution in [-0.4, -0.2) is 5.78 Å². The van der Waals surface area contributed by atoms with Crippen molar-refractivity contribution in [3.05, 3.63) is 75.8 Å². The van der Waals surface area contributed by atoms with Crippen molar-refractivity contribution in [2.24, 2.45) is 0 Å². The molecule has 0 saturated carbocycles. The van der Waals surface area contributed by atoms with Gasteiger partial charge in [-0.15, -0.1) is 0 Å². The number of benzene rings is 2. The summed E-state index contributed by atoms with van der Waals surface area (Å²) in [5.74, 6) is -2.16. The minimum Gasteiger partial charge on any atom is -0.289 e. The Morgan fingerprint density at radius 2 is 1.84 bits per heavy atom. The molecule has 2 aromatic rings. The summed E-state index contributed by atoms with van der Waals surface area (Å²) in [6.07, 6.45) is 2.49. The summed E-state index contributed by atoms with van der Waals surface area (Å²) in [6, 6.07) is 10.7. The largest absolute Gasteiger partial charge is 0.289 e. The maximum absolute atomic E-state index is 13.4. The quantitative estimate of drug-likeness (QED) is 0.595. The van der Waals surface area contributed by atoms with E-state index >= 15 is 0 Å². The summed E-state index contributed by atoms with van der Waals surface area (Å²) in [4.78, 5) is 11.8. The van der Waals surface area contributed by atoms with Crippen LogP contribution in [0.25, 0.3) is 6.08 Å². The molecule has 4 heteroatoms. The van der Waals surface area contributed by atoms with Crippen LogP contribution >= 0.6 is 15.9 Å². The molecule has 0 amide bonds. The number of hydrogen-bond donors (Lipinski definition) is 0. The molecule has 0 radical (unpaired) electrons. The van der Waals surface area contributed by atoms with Gasteiger partial charge in [0.2, 0.25) is 0 Å². The van der Waals surface area contributed by atoms with Crippen LogP contribution in [0, 0.1) is 11.6 Å². The molecule has 0 aliphatic rings. The van der Waals surface area contributed by atoms with Crippen LogP contribution in [-0.2, 0) is 0 Å². The lowest BCUT2D eigenvalue weighted by molar-refractivity contribution is 0.104. The van der Waals surface area contributed by atoms with Crippen molar-refractivity contribution in [1.29, 1.82) is 0 Å². The molecule has 96 valence electrons. The fraction of sp³-hybridized carbons (Fsp3) is 0. The molecule has 0 heterocycles. The zero-order valence-corrected chi connectivity index (χ0v) is 11.3. The maximum Gasteiger partial charge on any atom is 0.185 e. The summed E-state index contributed by atoms with van der Waals surface area (Å²) < 4.78 is 27.1. The lowest BCUT2D eigenvalue weighted by Gasteiger charge is -1.98. The highest BCUT2D eigenvalue weighted by molar-refractivity contribution is 9.10. The van der Waals surface area contributed by atoms with Gasteiger partial charge in [-0.3, -0.25) is 4.79 Å². The first-order chi connectivity index (χ1) is 9.08. The SMILES string of the molecule is O=C(C=Cc1cccc(F)c1F)c1cccc(Br)c1. The van der Waals surface area contributed by atoms with E-state index < -0.39 is 11.6 Å². The smallest absolute Gasteiger partial charge is 0.185 e. The van der Waals surface area contributed by atoms with Crippen LogP contribution in [0.1, 0.15) is 15.9 Å². The highest BCUT2D eigenvalue weighted by Gasteiger charge is 2.06. The van der Waals surface area contributed by atoms with Crippen molar-refractivity contribution in [2.75, 3.05) is 0 Å². The number of carbonyl (C=O) groups excluding carboxylic acids is 1. The molecule has 0 N–H and O–H groups in total. The summed E-state index contributed by atoms with van der Waals surface area (Å²) >= 11 is 3.26. The van der Waals surface area contributed by atoms with Crippen molar-refractivity contribution in [1.82, 2.24) is 0 Å². The van der Waals surface area contributed by atoms with E-state index in [1.807, 2.05) is 0 Å². The lowest BCUT2D eigenvalue weighted by atomic mass is 10.1. The first-order valence-corrected chi connectivity index (χ1v) is 6.29. The van der Waals surface area contributed by atoms with Gasteiger partial charge in [0.25, 0.3) is 0 Å². The fourth-order valence-corrected chi connectivity index (χ4v) is 1.95. The van der Waals surface area contributed by atoms with Gasteiger partial charge in [-0.1, -0.05) is 40.2 Å². The molecular weight excluding hydrogens is 314 g/mol. The molecule has 2 rings (SSSR count). The van der Waals surface area contributed by atoms with Crippen molar-refractivity contribution >= 4 is 27.8 Å². The molecule has 0 aliphatic heterocycles. The number of rotatable bonds is 3. The van der Waals surface area contributed by atoms with Crippen molar-refractivity contribution in [3.63, 3.8) is 0 Å². The second-order valence-corrected chi connectivity index (χ2v) is 4.77. The average Bonchev–Trinajstić information content (AvgIpc) is 2.40. The van der Waals surface area contributed by atoms with Gasteiger partial charge in [0.15, 0.2) is 17.4 Å². The summed E-state index contributed by atoms with van der Waals surface area (Å²) in [5.41, 5.74) is 0.519. The summed E-state index contributed by atoms with van der Waals surface area (Å²) in [7, 11) is 0. The Morgan fingerprint density at radius 1 is 1.11 bits per heavy atom. The Kier molecular flexibility index (Phi) is 4.22. The number of ketones is 1. The molecule has 0 fully saturated rings. The third kappa shape index (κ3) is 3.35. The van der Waals surface area contributed by atoms with Crippen molar-refractivity contribution in [3.8, 4) is 0 Å². The maximum atomic E-state index is 13.4. The first-order valence-electron chi connectivity index (χ1n) is 5.50. The molecule has 0 bridgehead atoms. The fourth-order valence-electron chi connectivity index (χ4n) is 1.55. The number of allylic oxidation sites excluding steroid dienone is 1. The monoisotopic (exact) mass is 322 g/mol. The molecule has 2 aromatic carbocycles. The van der Waals surface area contributed by atoms with Gasteiger partial charge in [0.05, 0.1) is 0 Å². The minimum absolute atomic E-state index is 0.0448. The third-order valence-electron chi connectivity index (χ3n) is 2.50. The summed E-state index contributed by atoms with van der Waals surface area (Å²) in [6.45, 7) is 0. The van der Waals surface area contributed by atoms with Gasteiger partial charge in [-0.2, -0.15) is 0 Å². The molecule has 0 spiro atoms. The molecule has 0 aromatic heterocycles. The lowest BCUT2D eigenvalue weighted by Crippen LogP contribution is -1.94. The van der Waals surface area contributed by atoms with Gasteiger partial charge in [0, 0.05) is 15.6 Å². The van der Waals surface area contributed by atoms with E-state index in [2.05, 4.69) is 15.9 Å². The van der Waals surface area contributed by atoms with Crippen LogP contribution in [0.2, 0.25) is 0 Å². The topological polar surface area (TPSA) is 17.1 Å².